The number of ether oxygens (including phenoxy) is 1. The van der Waals surface area contributed by atoms with Gasteiger partial charge in [0, 0.05) is 21.6 Å². The van der Waals surface area contributed by atoms with Gasteiger partial charge in [0.2, 0.25) is 0 Å². The molecule has 0 bridgehead atoms. The first kappa shape index (κ1) is 18.4. The van der Waals surface area contributed by atoms with E-state index >= 15 is 0 Å². The Morgan fingerprint density at radius 1 is 1.28 bits per heavy atom. The molecule has 0 aliphatic carbocycles. The van der Waals surface area contributed by atoms with Crippen LogP contribution in [-0.4, -0.2) is 22.3 Å². The molecule has 25 heavy (non-hydrogen) atoms. The van der Waals surface area contributed by atoms with Crippen molar-refractivity contribution in [2.45, 2.75) is 29.7 Å². The van der Waals surface area contributed by atoms with E-state index in [1.54, 1.807) is 23.1 Å². The Morgan fingerprint density at radius 2 is 2.08 bits per heavy atom. The third kappa shape index (κ3) is 3.91. The number of pyridine rings is 1. The Kier molecular flexibility index (Phi) is 5.51. The van der Waals surface area contributed by atoms with Crippen molar-refractivity contribution in [1.82, 2.24) is 4.98 Å². The summed E-state index contributed by atoms with van der Waals surface area (Å²) in [5.74, 6) is -0.193. The maximum absolute atomic E-state index is 12.2. The maximum Gasteiger partial charge on any atom is 0.322 e. The zero-order valence-electron chi connectivity index (χ0n) is 14.2. The van der Waals surface area contributed by atoms with E-state index in [1.807, 2.05) is 45.2 Å². The Morgan fingerprint density at radius 3 is 2.84 bits per heavy atom. The lowest BCUT2D eigenvalue weighted by atomic mass is 10.0. The van der Waals surface area contributed by atoms with Gasteiger partial charge >= 0.3 is 5.97 Å². The highest BCUT2D eigenvalue weighted by Crippen LogP contribution is 2.44. The summed E-state index contributed by atoms with van der Waals surface area (Å²) in [5.41, 5.74) is 3.19. The number of fused-ring (bicyclic) bond motifs is 1. The van der Waals surface area contributed by atoms with Crippen LogP contribution in [0.1, 0.15) is 20.8 Å². The van der Waals surface area contributed by atoms with Gasteiger partial charge in [0.15, 0.2) is 0 Å². The Balaban J connectivity index is 2.03. The van der Waals surface area contributed by atoms with E-state index < -0.39 is 4.75 Å². The van der Waals surface area contributed by atoms with Crippen LogP contribution in [0.5, 0.6) is 0 Å². The van der Waals surface area contributed by atoms with Crippen LogP contribution in [0.2, 0.25) is 0 Å². The second-order valence-corrected chi connectivity index (χ2v) is 9.70. The molecule has 2 heterocycles. The molecule has 3 rings (SSSR count). The fourth-order valence-electron chi connectivity index (χ4n) is 2.51. The molecule has 2 aromatic heterocycles. The minimum absolute atomic E-state index is 0.193. The zero-order valence-corrected chi connectivity index (χ0v) is 17.4. The van der Waals surface area contributed by atoms with Gasteiger partial charge in [0.05, 0.1) is 16.3 Å². The molecule has 0 unspecified atom stereocenters. The molecule has 0 radical (unpaired) electrons. The van der Waals surface area contributed by atoms with Gasteiger partial charge in [-0.25, -0.2) is 0 Å². The van der Waals surface area contributed by atoms with Crippen LogP contribution in [0.15, 0.2) is 50.6 Å². The van der Waals surface area contributed by atoms with Crippen LogP contribution < -0.4 is 0 Å². The molecule has 0 saturated heterocycles. The van der Waals surface area contributed by atoms with Gasteiger partial charge in [0.1, 0.15) is 4.75 Å². The predicted molar refractivity (Wildman–Crippen MR) is 109 cm³/mol. The summed E-state index contributed by atoms with van der Waals surface area (Å²) < 4.78 is 6.70. The van der Waals surface area contributed by atoms with Crippen molar-refractivity contribution in [3.8, 4) is 11.1 Å². The molecule has 1 aromatic carbocycles. The molecule has 0 aliphatic heterocycles. The van der Waals surface area contributed by atoms with Crippen molar-refractivity contribution in [2.75, 3.05) is 6.61 Å². The van der Waals surface area contributed by atoms with Gasteiger partial charge in [-0.15, -0.1) is 11.3 Å². The first-order valence-corrected chi connectivity index (χ1v) is 10.4. The van der Waals surface area contributed by atoms with Crippen molar-refractivity contribution >= 4 is 55.9 Å². The highest BCUT2D eigenvalue weighted by molar-refractivity contribution is 9.10. The molecular formula is C19H18BrNO2S2. The van der Waals surface area contributed by atoms with Crippen molar-refractivity contribution in [1.29, 1.82) is 0 Å². The second kappa shape index (κ2) is 7.48. The molecule has 0 spiro atoms. The normalized spacial score (nSPS) is 11.7. The van der Waals surface area contributed by atoms with Crippen LogP contribution in [0.4, 0.5) is 0 Å². The van der Waals surface area contributed by atoms with Crippen LogP contribution >= 0.6 is 39.0 Å². The predicted octanol–water partition coefficient (Wildman–Crippen LogP) is 6.16. The number of rotatable bonds is 5. The van der Waals surface area contributed by atoms with Crippen molar-refractivity contribution in [3.05, 3.63) is 46.4 Å². The highest BCUT2D eigenvalue weighted by atomic mass is 79.9. The average molecular weight is 436 g/mol. The number of carbonyl (C=O) groups excluding carboxylic acids is 1. The van der Waals surface area contributed by atoms with E-state index in [0.29, 0.717) is 6.61 Å². The number of thiophene rings is 1. The lowest BCUT2D eigenvalue weighted by Crippen LogP contribution is -2.29. The first-order chi connectivity index (χ1) is 11.9. The van der Waals surface area contributed by atoms with E-state index in [1.165, 1.54) is 0 Å². The zero-order chi connectivity index (χ0) is 18.0. The van der Waals surface area contributed by atoms with E-state index in [9.17, 15) is 4.79 Å². The van der Waals surface area contributed by atoms with Gasteiger partial charge in [0.25, 0.3) is 0 Å². The van der Waals surface area contributed by atoms with Crippen LogP contribution in [0.25, 0.3) is 22.0 Å². The van der Waals surface area contributed by atoms with Gasteiger partial charge in [-0.3, -0.25) is 9.78 Å². The average Bonchev–Trinajstić information content (AvgIpc) is 3.01. The van der Waals surface area contributed by atoms with Crippen molar-refractivity contribution < 1.29 is 9.53 Å². The molecular weight excluding hydrogens is 418 g/mol. The number of thioether (sulfide) groups is 1. The number of esters is 1. The SMILES string of the molecule is CCOC(=O)C(C)(C)Sc1sccc1-c1ccnc2ccc(Br)cc12. The van der Waals surface area contributed by atoms with E-state index in [4.69, 9.17) is 4.74 Å². The Bertz CT molecular complexity index is 921. The summed E-state index contributed by atoms with van der Waals surface area (Å²) >= 11 is 6.73. The summed E-state index contributed by atoms with van der Waals surface area (Å²) in [6, 6.07) is 10.2. The minimum atomic E-state index is -0.640. The van der Waals surface area contributed by atoms with Crippen molar-refractivity contribution in [3.63, 3.8) is 0 Å². The first-order valence-electron chi connectivity index (χ1n) is 7.90. The lowest BCUT2D eigenvalue weighted by molar-refractivity contribution is -0.145. The third-order valence-electron chi connectivity index (χ3n) is 3.74. The molecule has 3 nitrogen and oxygen atoms in total. The quantitative estimate of drug-likeness (QED) is 0.355. The molecule has 130 valence electrons. The monoisotopic (exact) mass is 435 g/mol. The van der Waals surface area contributed by atoms with Crippen LogP contribution in [0.3, 0.4) is 0 Å². The maximum atomic E-state index is 12.2. The van der Waals surface area contributed by atoms with Gasteiger partial charge < -0.3 is 4.74 Å². The molecule has 6 heteroatoms. The lowest BCUT2D eigenvalue weighted by Gasteiger charge is -2.21. The fraction of sp³-hybridized carbons (Fsp3) is 0.263. The van der Waals surface area contributed by atoms with E-state index in [2.05, 4.69) is 38.4 Å². The Labute approximate surface area is 163 Å². The summed E-state index contributed by atoms with van der Waals surface area (Å²) in [5, 5.41) is 3.15. The number of halogens is 1. The number of hydrogen-bond acceptors (Lipinski definition) is 5. The standard InChI is InChI=1S/C19H18BrNO2S2/c1-4-23-18(22)19(2,3)25-17-14(8-10-24-17)13-7-9-21-16-6-5-12(20)11-15(13)16/h5-11H,4H2,1-3H3. The minimum Gasteiger partial charge on any atom is -0.465 e. The summed E-state index contributed by atoms with van der Waals surface area (Å²) in [6.45, 7) is 6.03. The van der Waals surface area contributed by atoms with Crippen LogP contribution in [-0.2, 0) is 9.53 Å². The number of aromatic nitrogens is 1. The fourth-order valence-corrected chi connectivity index (χ4v) is 5.38. The van der Waals surface area contributed by atoms with E-state index in [0.717, 1.165) is 30.7 Å². The molecule has 0 aliphatic rings. The van der Waals surface area contributed by atoms with Gasteiger partial charge in [-0.1, -0.05) is 27.7 Å². The van der Waals surface area contributed by atoms with E-state index in [-0.39, 0.29) is 5.97 Å². The molecule has 3 aromatic rings. The van der Waals surface area contributed by atoms with Gasteiger partial charge in [-0.05, 0) is 62.0 Å². The number of carbonyl (C=O) groups is 1. The molecule has 0 N–H and O–H groups in total. The molecule has 0 saturated carbocycles. The second-order valence-electron chi connectivity index (χ2n) is 5.97. The number of hydrogen-bond donors (Lipinski definition) is 0. The topological polar surface area (TPSA) is 39.2 Å². The molecule has 0 amide bonds. The summed E-state index contributed by atoms with van der Waals surface area (Å²) in [7, 11) is 0. The summed E-state index contributed by atoms with van der Waals surface area (Å²) in [4.78, 5) is 16.7. The highest BCUT2D eigenvalue weighted by Gasteiger charge is 2.32. The Hall–Kier alpha value is -1.37. The largest absolute Gasteiger partial charge is 0.465 e. The van der Waals surface area contributed by atoms with Crippen molar-refractivity contribution in [2.24, 2.45) is 0 Å². The number of benzene rings is 1. The van der Waals surface area contributed by atoms with Gasteiger partial charge in [-0.2, -0.15) is 0 Å². The summed E-state index contributed by atoms with van der Waals surface area (Å²) in [6.07, 6.45) is 1.83. The molecule has 0 fully saturated rings. The number of nitrogens with zero attached hydrogens (tertiary/aromatic N) is 1. The third-order valence-corrected chi connectivity index (χ3v) is 6.56. The smallest absolute Gasteiger partial charge is 0.322 e. The van der Waals surface area contributed by atoms with Crippen LogP contribution in [0, 0.1) is 0 Å². The molecule has 0 atom stereocenters.